The molecule has 0 aliphatic heterocycles. The van der Waals surface area contributed by atoms with Crippen LogP contribution >= 0.6 is 0 Å². The molecule has 0 aliphatic rings. The number of aliphatic carboxylic acids is 2. The molecule has 72 valence electrons. The van der Waals surface area contributed by atoms with Gasteiger partial charge in [0.05, 0.1) is 0 Å². The van der Waals surface area contributed by atoms with Gasteiger partial charge in [0, 0.05) is 0 Å². The van der Waals surface area contributed by atoms with E-state index in [2.05, 4.69) is 0 Å². The van der Waals surface area contributed by atoms with E-state index in [1.807, 2.05) is 0 Å². The number of hydrogen-bond acceptors (Lipinski definition) is 6. The van der Waals surface area contributed by atoms with Crippen LogP contribution in [0.15, 0.2) is 0 Å². The summed E-state index contributed by atoms with van der Waals surface area (Å²) >= 11 is 0. The molecule has 8 N–H and O–H groups in total. The van der Waals surface area contributed by atoms with Crippen LogP contribution in [0.25, 0.3) is 0 Å². The Balaban J connectivity index is -0.0000000457. The highest BCUT2D eigenvalue weighted by Crippen LogP contribution is 1.29. The third-order valence-corrected chi connectivity index (χ3v) is 0.192. The van der Waals surface area contributed by atoms with Gasteiger partial charge < -0.3 is 32.1 Å². The fraction of sp³-hybridized carbons (Fsp3) is 0. The summed E-state index contributed by atoms with van der Waals surface area (Å²) in [6.45, 7) is 0. The molecular formula is C4H10N2O6. The van der Waals surface area contributed by atoms with Gasteiger partial charge in [-0.25, -0.2) is 0 Å². The van der Waals surface area contributed by atoms with E-state index in [1.54, 1.807) is 0 Å². The first kappa shape index (κ1) is 22.5. The molecule has 0 aromatic heterocycles. The van der Waals surface area contributed by atoms with Crippen molar-refractivity contribution in [3.63, 3.8) is 0 Å². The fourth-order valence-electron chi connectivity index (χ4n) is 0. The largest absolute Gasteiger partial charge is 0.542 e. The SMILES string of the molecule is O=CC(=O)[O-].O=CC(=O)[O-].[NH4+].[NH4+]. The molecule has 0 saturated carbocycles. The lowest BCUT2D eigenvalue weighted by Gasteiger charge is -1.76. The van der Waals surface area contributed by atoms with Crippen LogP contribution in [-0.2, 0) is 19.2 Å². The van der Waals surface area contributed by atoms with Gasteiger partial charge in [0.15, 0.2) is 12.6 Å². The zero-order valence-corrected chi connectivity index (χ0v) is 6.60. The van der Waals surface area contributed by atoms with Crippen LogP contribution in [0.2, 0.25) is 0 Å². The average Bonchev–Trinajstić information content (AvgIpc) is 1.89. The summed E-state index contributed by atoms with van der Waals surface area (Å²) in [5, 5.41) is 17.8. The molecule has 0 heterocycles. The Hall–Kier alpha value is -1.80. The normalized spacial score (nSPS) is 5.33. The third kappa shape index (κ3) is 87.8. The Bertz CT molecular complexity index is 138. The Morgan fingerprint density at radius 1 is 0.833 bits per heavy atom. The van der Waals surface area contributed by atoms with Crippen LogP contribution in [-0.4, -0.2) is 24.5 Å². The zero-order chi connectivity index (χ0) is 8.57. The van der Waals surface area contributed by atoms with E-state index in [0.717, 1.165) is 0 Å². The number of quaternary nitrogens is 2. The maximum atomic E-state index is 8.89. The minimum absolute atomic E-state index is 0. The van der Waals surface area contributed by atoms with Crippen molar-refractivity contribution in [2.75, 3.05) is 0 Å². The van der Waals surface area contributed by atoms with Gasteiger partial charge >= 0.3 is 0 Å². The molecule has 0 rings (SSSR count). The van der Waals surface area contributed by atoms with Gasteiger partial charge in [-0.3, -0.25) is 9.59 Å². The highest BCUT2D eigenvalue weighted by Gasteiger charge is 1.63. The van der Waals surface area contributed by atoms with E-state index in [9.17, 15) is 0 Å². The lowest BCUT2D eigenvalue weighted by molar-refractivity contribution is -0.299. The van der Waals surface area contributed by atoms with E-state index in [1.165, 1.54) is 0 Å². The predicted octanol–water partition coefficient (Wildman–Crippen LogP) is -3.38. The minimum Gasteiger partial charge on any atom is -0.542 e. The number of carbonyl (C=O) groups is 4. The van der Waals surface area contributed by atoms with E-state index in [4.69, 9.17) is 29.4 Å². The topological polar surface area (TPSA) is 187 Å². The molecule has 0 aromatic carbocycles. The summed E-state index contributed by atoms with van der Waals surface area (Å²) in [6, 6.07) is 0. The Morgan fingerprint density at radius 2 is 0.917 bits per heavy atom. The second-order valence-corrected chi connectivity index (χ2v) is 0.874. The molecule has 0 atom stereocenters. The van der Waals surface area contributed by atoms with Crippen LogP contribution in [0.1, 0.15) is 0 Å². The van der Waals surface area contributed by atoms with E-state index in [0.29, 0.717) is 0 Å². The van der Waals surface area contributed by atoms with Crippen molar-refractivity contribution in [1.82, 2.24) is 12.3 Å². The number of rotatable bonds is 2. The van der Waals surface area contributed by atoms with Crippen molar-refractivity contribution >= 4 is 24.5 Å². The number of carboxylic acid groups (broad SMARTS) is 2. The van der Waals surface area contributed by atoms with Gasteiger partial charge in [0.2, 0.25) is 0 Å². The molecule has 12 heavy (non-hydrogen) atoms. The molecule has 0 bridgehead atoms. The molecule has 0 aromatic rings. The third-order valence-electron chi connectivity index (χ3n) is 0.192. The Morgan fingerprint density at radius 3 is 0.917 bits per heavy atom. The summed E-state index contributed by atoms with van der Waals surface area (Å²) in [5.41, 5.74) is 0. The number of carboxylic acids is 2. The van der Waals surface area contributed by atoms with Crippen LogP contribution in [0, 0.1) is 0 Å². The standard InChI is InChI=1S/2C2H2O3.2H3N/c2*3-1-2(4)5;;/h2*1H,(H,4,5);2*1H3. The van der Waals surface area contributed by atoms with E-state index < -0.39 is 11.9 Å². The summed E-state index contributed by atoms with van der Waals surface area (Å²) in [5.74, 6) is -3.35. The van der Waals surface area contributed by atoms with Gasteiger partial charge in [-0.05, 0) is 0 Å². The van der Waals surface area contributed by atoms with Gasteiger partial charge in [-0.15, -0.1) is 0 Å². The molecule has 0 fully saturated rings. The van der Waals surface area contributed by atoms with Crippen LogP contribution in [0.5, 0.6) is 0 Å². The first-order valence-electron chi connectivity index (χ1n) is 1.87. The molecule has 0 aliphatic carbocycles. The van der Waals surface area contributed by atoms with Crippen molar-refractivity contribution in [2.24, 2.45) is 0 Å². The first-order chi connectivity index (χ1) is 4.54. The predicted molar refractivity (Wildman–Crippen MR) is 34.1 cm³/mol. The Kier molecular flexibility index (Phi) is 30.1. The molecule has 8 nitrogen and oxygen atoms in total. The van der Waals surface area contributed by atoms with Gasteiger partial charge in [-0.1, -0.05) is 0 Å². The smallest absolute Gasteiger partial charge is 0.165 e. The van der Waals surface area contributed by atoms with Crippen molar-refractivity contribution < 1.29 is 29.4 Å². The molecule has 0 unspecified atom stereocenters. The van der Waals surface area contributed by atoms with Crippen LogP contribution < -0.4 is 22.5 Å². The molecule has 0 radical (unpaired) electrons. The van der Waals surface area contributed by atoms with Crippen molar-refractivity contribution in [3.8, 4) is 0 Å². The molecule has 0 spiro atoms. The number of hydrogen-bond donors (Lipinski definition) is 2. The van der Waals surface area contributed by atoms with E-state index in [-0.39, 0.29) is 24.9 Å². The fourth-order valence-corrected chi connectivity index (χ4v) is 0. The molecule has 8 heteroatoms. The highest BCUT2D eigenvalue weighted by atomic mass is 16.4. The van der Waals surface area contributed by atoms with Crippen molar-refractivity contribution in [1.29, 1.82) is 0 Å². The quantitative estimate of drug-likeness (QED) is 0.330. The molecule has 0 amide bonds. The molecule has 0 saturated heterocycles. The number of carbonyl (C=O) groups excluding carboxylic acids is 4. The van der Waals surface area contributed by atoms with Gasteiger partial charge in [0.25, 0.3) is 0 Å². The maximum absolute atomic E-state index is 8.89. The minimum atomic E-state index is -1.68. The second-order valence-electron chi connectivity index (χ2n) is 0.874. The van der Waals surface area contributed by atoms with Crippen LogP contribution in [0.4, 0.5) is 0 Å². The summed E-state index contributed by atoms with van der Waals surface area (Å²) in [6.07, 6.45) is -0.556. The van der Waals surface area contributed by atoms with Crippen molar-refractivity contribution in [3.05, 3.63) is 0 Å². The maximum Gasteiger partial charge on any atom is 0.165 e. The molecular weight excluding hydrogens is 172 g/mol. The monoisotopic (exact) mass is 182 g/mol. The lowest BCUT2D eigenvalue weighted by atomic mass is 10.8. The average molecular weight is 182 g/mol. The van der Waals surface area contributed by atoms with Crippen LogP contribution in [0.3, 0.4) is 0 Å². The van der Waals surface area contributed by atoms with E-state index >= 15 is 0 Å². The Labute approximate surface area is 67.3 Å². The zero-order valence-electron chi connectivity index (χ0n) is 6.60. The van der Waals surface area contributed by atoms with Gasteiger partial charge in [-0.2, -0.15) is 0 Å². The number of aldehydes is 2. The summed E-state index contributed by atoms with van der Waals surface area (Å²) in [7, 11) is 0. The summed E-state index contributed by atoms with van der Waals surface area (Å²) < 4.78 is 0. The second kappa shape index (κ2) is 16.1. The highest BCUT2D eigenvalue weighted by molar-refractivity contribution is 6.18. The van der Waals surface area contributed by atoms with Gasteiger partial charge in [0.1, 0.15) is 11.9 Å². The first-order valence-corrected chi connectivity index (χ1v) is 1.87. The summed E-state index contributed by atoms with van der Waals surface area (Å²) in [4.78, 5) is 35.5. The lowest BCUT2D eigenvalue weighted by Crippen LogP contribution is -2.22. The van der Waals surface area contributed by atoms with Crippen molar-refractivity contribution in [2.45, 2.75) is 0 Å².